The Morgan fingerprint density at radius 1 is 0.788 bits per heavy atom. The molecule has 3 aliphatic carbocycles. The normalized spacial score (nSPS) is 24.8. The maximum Gasteiger partial charge on any atom is 0.145 e. The highest BCUT2D eigenvalue weighted by atomic mass is 32.1. The molecule has 0 bridgehead atoms. The van der Waals surface area contributed by atoms with Crippen LogP contribution >= 0.6 is 11.3 Å². The second kappa shape index (κ2) is 11.5. The molecule has 5 nitrogen and oxygen atoms in total. The summed E-state index contributed by atoms with van der Waals surface area (Å²) in [6.45, 7) is 2.36. The van der Waals surface area contributed by atoms with Gasteiger partial charge in [0, 0.05) is 50.2 Å². The summed E-state index contributed by atoms with van der Waals surface area (Å²) >= 11 is 1.88. The molecule has 52 heavy (non-hydrogen) atoms. The van der Waals surface area contributed by atoms with Gasteiger partial charge in [-0.25, -0.2) is 4.99 Å². The minimum Gasteiger partial charge on any atom is -0.460 e. The molecule has 6 heteroatoms. The van der Waals surface area contributed by atoms with Crippen LogP contribution in [0.2, 0.25) is 0 Å². The van der Waals surface area contributed by atoms with Gasteiger partial charge in [0.15, 0.2) is 0 Å². The largest absolute Gasteiger partial charge is 0.460 e. The van der Waals surface area contributed by atoms with Gasteiger partial charge in [-0.15, -0.1) is 11.3 Å². The number of rotatable bonds is 4. The highest BCUT2D eigenvalue weighted by Gasteiger charge is 2.39. The van der Waals surface area contributed by atoms with Crippen molar-refractivity contribution in [2.24, 2.45) is 16.3 Å². The van der Waals surface area contributed by atoms with Gasteiger partial charge in [-0.3, -0.25) is 5.32 Å². The molecule has 0 fully saturated rings. The van der Waals surface area contributed by atoms with E-state index in [1.54, 1.807) is 0 Å². The monoisotopic (exact) mass is 695 g/mol. The van der Waals surface area contributed by atoms with Crippen LogP contribution in [0.4, 0.5) is 0 Å². The first kappa shape index (κ1) is 30.2. The molecule has 0 spiro atoms. The first-order chi connectivity index (χ1) is 25.6. The lowest BCUT2D eigenvalue weighted by Crippen LogP contribution is -2.54. The van der Waals surface area contributed by atoms with Gasteiger partial charge in [-0.1, -0.05) is 116 Å². The van der Waals surface area contributed by atoms with Crippen LogP contribution in [0.15, 0.2) is 129 Å². The molecule has 11 rings (SSSR count). The van der Waals surface area contributed by atoms with Gasteiger partial charge in [0.2, 0.25) is 0 Å². The Kier molecular flexibility index (Phi) is 6.71. The number of fused-ring (bicyclic) bond motifs is 9. The molecular weight excluding hydrogens is 659 g/mol. The quantitative estimate of drug-likeness (QED) is 0.192. The molecule has 5 unspecified atom stereocenters. The molecule has 1 aliphatic heterocycles. The van der Waals surface area contributed by atoms with E-state index in [4.69, 9.17) is 13.8 Å². The Morgan fingerprint density at radius 3 is 2.52 bits per heavy atom. The average molecular weight is 696 g/mol. The zero-order valence-corrected chi connectivity index (χ0v) is 29.6. The molecule has 4 heterocycles. The minimum absolute atomic E-state index is 0.0383. The lowest BCUT2D eigenvalue weighted by atomic mass is 9.68. The van der Waals surface area contributed by atoms with Gasteiger partial charge in [-0.2, -0.15) is 0 Å². The highest BCUT2D eigenvalue weighted by Crippen LogP contribution is 2.47. The Balaban J connectivity index is 0.959. The maximum absolute atomic E-state index is 6.95. The molecule has 3 aromatic heterocycles. The summed E-state index contributed by atoms with van der Waals surface area (Å²) in [5, 5.41) is 11.5. The molecule has 0 saturated heterocycles. The van der Waals surface area contributed by atoms with Crippen LogP contribution < -0.4 is 10.6 Å². The zero-order chi connectivity index (χ0) is 34.4. The molecule has 0 saturated carbocycles. The van der Waals surface area contributed by atoms with Crippen molar-refractivity contribution in [1.29, 1.82) is 0 Å². The van der Waals surface area contributed by atoms with E-state index < -0.39 is 0 Å². The number of amidine groups is 1. The van der Waals surface area contributed by atoms with Gasteiger partial charge < -0.3 is 14.2 Å². The second-order valence-corrected chi connectivity index (χ2v) is 16.0. The van der Waals surface area contributed by atoms with Crippen LogP contribution in [0.3, 0.4) is 0 Å². The van der Waals surface area contributed by atoms with E-state index in [1.807, 2.05) is 17.4 Å². The third-order valence-electron chi connectivity index (χ3n) is 11.8. The number of benzene rings is 4. The van der Waals surface area contributed by atoms with Gasteiger partial charge in [0.05, 0.1) is 11.7 Å². The van der Waals surface area contributed by atoms with E-state index in [2.05, 4.69) is 145 Å². The van der Waals surface area contributed by atoms with Crippen molar-refractivity contribution in [2.45, 2.75) is 44.4 Å². The van der Waals surface area contributed by atoms with E-state index >= 15 is 0 Å². The molecule has 7 aromatic rings. The fourth-order valence-corrected chi connectivity index (χ4v) is 10.3. The number of hydrogen-bond acceptors (Lipinski definition) is 6. The number of nitrogens with one attached hydrogen (secondary N) is 2. The fourth-order valence-electron chi connectivity index (χ4n) is 9.07. The van der Waals surface area contributed by atoms with E-state index in [1.165, 1.54) is 37.0 Å². The lowest BCUT2D eigenvalue weighted by Gasteiger charge is -2.37. The van der Waals surface area contributed by atoms with E-state index in [9.17, 15) is 0 Å². The van der Waals surface area contributed by atoms with Crippen molar-refractivity contribution in [3.63, 3.8) is 0 Å². The predicted molar refractivity (Wildman–Crippen MR) is 213 cm³/mol. The van der Waals surface area contributed by atoms with Crippen molar-refractivity contribution in [3.05, 3.63) is 160 Å². The lowest BCUT2D eigenvalue weighted by molar-refractivity contribution is 0.270. The second-order valence-electron chi connectivity index (χ2n) is 14.9. The van der Waals surface area contributed by atoms with Crippen LogP contribution in [0.25, 0.3) is 50.3 Å². The fraction of sp³-hybridized carbons (Fsp3) is 0.196. The van der Waals surface area contributed by atoms with Crippen LogP contribution in [-0.4, -0.2) is 12.0 Å². The Hall–Kier alpha value is -5.43. The first-order valence-electron chi connectivity index (χ1n) is 18.4. The predicted octanol–water partition coefficient (Wildman–Crippen LogP) is 11.0. The van der Waals surface area contributed by atoms with Crippen molar-refractivity contribution < 1.29 is 8.83 Å². The number of para-hydroxylation sites is 2. The Bertz CT molecular complexity index is 2670. The van der Waals surface area contributed by atoms with E-state index in [-0.39, 0.29) is 23.7 Å². The molecule has 4 aliphatic rings. The summed E-state index contributed by atoms with van der Waals surface area (Å²) in [5.41, 5.74) is 7.71. The van der Waals surface area contributed by atoms with Gasteiger partial charge in [0.25, 0.3) is 0 Å². The first-order valence-corrected chi connectivity index (χ1v) is 19.2. The summed E-state index contributed by atoms with van der Waals surface area (Å²) in [7, 11) is 0. The smallest absolute Gasteiger partial charge is 0.145 e. The van der Waals surface area contributed by atoms with Crippen LogP contribution in [-0.2, 0) is 12.8 Å². The summed E-state index contributed by atoms with van der Waals surface area (Å²) in [6, 6.07) is 34.3. The SMILES string of the molecule is CC1(C2C=Cc3c(oc4ccccc34)C2)C=Cc2c(oc3c(C4=NC(c5ccccc5)NC(C5CC=Cc6sc7ccccc7c65)N4)cccc23)C1. The highest BCUT2D eigenvalue weighted by molar-refractivity contribution is 7.20. The van der Waals surface area contributed by atoms with Gasteiger partial charge in [0.1, 0.15) is 34.7 Å². The summed E-state index contributed by atoms with van der Waals surface area (Å²) < 4.78 is 14.6. The Labute approximate surface area is 306 Å². The number of nitrogens with zero attached hydrogens (tertiary/aromatic N) is 1. The van der Waals surface area contributed by atoms with Crippen molar-refractivity contribution >= 4 is 67.4 Å². The zero-order valence-electron chi connectivity index (χ0n) is 28.8. The van der Waals surface area contributed by atoms with Crippen LogP contribution in [0, 0.1) is 11.3 Å². The van der Waals surface area contributed by atoms with Crippen LogP contribution in [0.5, 0.6) is 0 Å². The maximum atomic E-state index is 6.95. The average Bonchev–Trinajstić information content (AvgIpc) is 3.88. The summed E-state index contributed by atoms with van der Waals surface area (Å²) in [4.78, 5) is 6.70. The number of aliphatic imine (C=N–C) groups is 1. The molecule has 0 radical (unpaired) electrons. The molecule has 2 N–H and O–H groups in total. The summed E-state index contributed by atoms with van der Waals surface area (Å²) in [6.07, 6.45) is 16.4. The van der Waals surface area contributed by atoms with Gasteiger partial charge >= 0.3 is 0 Å². The Morgan fingerprint density at radius 2 is 1.60 bits per heavy atom. The van der Waals surface area contributed by atoms with E-state index in [0.29, 0.717) is 5.92 Å². The van der Waals surface area contributed by atoms with Crippen LogP contribution in [0.1, 0.15) is 69.6 Å². The number of allylic oxidation sites excluding steroid dienone is 3. The molecule has 4 aromatic carbocycles. The third-order valence-corrected chi connectivity index (χ3v) is 13.0. The topological polar surface area (TPSA) is 62.7 Å². The molecular formula is C46H37N3O2S. The van der Waals surface area contributed by atoms with E-state index in [0.717, 1.165) is 64.3 Å². The van der Waals surface area contributed by atoms with Crippen molar-refractivity contribution in [2.75, 3.05) is 0 Å². The van der Waals surface area contributed by atoms with Crippen molar-refractivity contribution in [1.82, 2.24) is 10.6 Å². The molecule has 0 amide bonds. The van der Waals surface area contributed by atoms with Crippen molar-refractivity contribution in [3.8, 4) is 0 Å². The van der Waals surface area contributed by atoms with Gasteiger partial charge in [-0.05, 0) is 58.5 Å². The molecule has 5 atom stereocenters. The summed E-state index contributed by atoms with van der Waals surface area (Å²) in [5.74, 6) is 3.51. The standard InChI is InChI=1S/C46H37N3O2S/c1-46(28-21-22-30-29-13-5-7-18-36(29)50-37(30)25-28)24-23-31-32-15-9-17-35(42(32)51-38(31)26-46)45-48-43(27-11-3-2-4-12-27)47-44(49-45)34-16-10-20-40-41(34)33-14-6-8-19-39(33)52-40/h2-15,17-24,28,34,43-44,47H,16,25-26H2,1H3,(H,48,49). The third kappa shape index (κ3) is 4.67. The number of thiophene rings is 1. The number of hydrogen-bond donors (Lipinski definition) is 2. The number of furan rings is 2. The molecule has 254 valence electrons. The minimum atomic E-state index is -0.203.